The van der Waals surface area contributed by atoms with Gasteiger partial charge in [-0.25, -0.2) is 0 Å². The van der Waals surface area contributed by atoms with E-state index in [0.29, 0.717) is 0 Å². The van der Waals surface area contributed by atoms with Gasteiger partial charge in [-0.15, -0.1) is 0 Å². The van der Waals surface area contributed by atoms with Crippen molar-refractivity contribution in [2.24, 2.45) is 0 Å². The molecule has 0 amide bonds. The molecule has 0 radical (unpaired) electrons. The van der Waals surface area contributed by atoms with E-state index in [0.717, 1.165) is 51.8 Å². The number of hydrogen-bond acceptors (Lipinski definition) is 2. The fourth-order valence-corrected chi connectivity index (χ4v) is 7.73. The molecule has 0 saturated carbocycles. The van der Waals surface area contributed by atoms with Gasteiger partial charge in [0, 0.05) is 27.7 Å². The average molecular weight is 614 g/mol. The summed E-state index contributed by atoms with van der Waals surface area (Å²) in [6, 6.07) is 55.3. The summed E-state index contributed by atoms with van der Waals surface area (Å²) in [5.74, 6) is 0. The summed E-state index contributed by atoms with van der Waals surface area (Å²) in [5.41, 5.74) is 10.2. The molecule has 2 heteroatoms. The van der Waals surface area contributed by atoms with Gasteiger partial charge >= 0.3 is 0 Å². The molecule has 1 heterocycles. The van der Waals surface area contributed by atoms with Crippen molar-refractivity contribution in [2.75, 3.05) is 4.90 Å². The first-order valence-corrected chi connectivity index (χ1v) is 16.7. The van der Waals surface area contributed by atoms with Gasteiger partial charge in [-0.3, -0.25) is 0 Å². The van der Waals surface area contributed by atoms with Gasteiger partial charge < -0.3 is 9.32 Å². The second kappa shape index (κ2) is 10.7. The molecule has 10 rings (SSSR count). The zero-order valence-corrected chi connectivity index (χ0v) is 26.4. The summed E-state index contributed by atoms with van der Waals surface area (Å²) >= 11 is 0. The minimum atomic E-state index is 0.910. The Morgan fingerprint density at radius 3 is 2.06 bits per heavy atom. The Morgan fingerprint density at radius 2 is 1.17 bits per heavy atom. The number of allylic oxidation sites excluding steroid dienone is 1. The summed E-state index contributed by atoms with van der Waals surface area (Å²) in [4.78, 5) is 2.41. The van der Waals surface area contributed by atoms with E-state index in [1.807, 2.05) is 0 Å². The van der Waals surface area contributed by atoms with Gasteiger partial charge in [-0.05, 0) is 110 Å². The van der Waals surface area contributed by atoms with E-state index in [-0.39, 0.29) is 0 Å². The lowest BCUT2D eigenvalue weighted by atomic mass is 9.95. The first-order valence-electron chi connectivity index (χ1n) is 16.7. The Morgan fingerprint density at radius 1 is 0.479 bits per heavy atom. The standard InChI is InChI=1S/C46H31NO/c1-2-10-30(11-3-1)38-16-8-9-17-44(38)47(36-22-25-45-43(29-36)42-26-33-13-4-5-14-34(33)27-46(42)48-45)35-21-18-32-20-23-39-37-15-7-6-12-31(37)19-24-40(39)41(32)28-35/h1-4,6-13,15-29H,5,14H2. The number of furan rings is 1. The van der Waals surface area contributed by atoms with Gasteiger partial charge in [0.2, 0.25) is 0 Å². The monoisotopic (exact) mass is 613 g/mol. The molecular weight excluding hydrogens is 583 g/mol. The molecule has 226 valence electrons. The second-order valence-corrected chi connectivity index (χ2v) is 12.8. The predicted molar refractivity (Wildman–Crippen MR) is 204 cm³/mol. The number of anilines is 3. The largest absolute Gasteiger partial charge is 0.456 e. The molecule has 9 aromatic rings. The van der Waals surface area contributed by atoms with Gasteiger partial charge in [0.1, 0.15) is 11.2 Å². The summed E-state index contributed by atoms with van der Waals surface area (Å²) in [5, 5.41) is 9.84. The lowest BCUT2D eigenvalue weighted by Gasteiger charge is -2.28. The molecule has 0 unspecified atom stereocenters. The predicted octanol–water partition coefficient (Wildman–Crippen LogP) is 13.1. The number of fused-ring (bicyclic) bond motifs is 9. The third-order valence-electron chi connectivity index (χ3n) is 10.1. The Labute approximate surface area is 278 Å². The fraction of sp³-hybridized carbons (Fsp3) is 0.0435. The van der Waals surface area contributed by atoms with Crippen molar-refractivity contribution in [3.05, 3.63) is 169 Å². The number of rotatable bonds is 4. The van der Waals surface area contributed by atoms with E-state index in [1.54, 1.807) is 0 Å². The van der Waals surface area contributed by atoms with Crippen molar-refractivity contribution < 1.29 is 4.42 Å². The van der Waals surface area contributed by atoms with Crippen molar-refractivity contribution in [3.63, 3.8) is 0 Å². The van der Waals surface area contributed by atoms with Crippen molar-refractivity contribution in [1.82, 2.24) is 0 Å². The zero-order chi connectivity index (χ0) is 31.6. The van der Waals surface area contributed by atoms with Crippen LogP contribution >= 0.6 is 0 Å². The van der Waals surface area contributed by atoms with Crippen LogP contribution in [0, 0.1) is 0 Å². The van der Waals surface area contributed by atoms with Gasteiger partial charge in [0.15, 0.2) is 0 Å². The SMILES string of the molecule is C1=Cc2cc3c(cc2CC1)oc1ccc(N(c2ccc4ccc5c6ccccc6ccc5c4c2)c2ccccc2-c2ccccc2)cc13. The third kappa shape index (κ3) is 4.27. The van der Waals surface area contributed by atoms with Gasteiger partial charge in [0.25, 0.3) is 0 Å². The Kier molecular flexibility index (Phi) is 6.04. The number of para-hydroxylation sites is 1. The summed E-state index contributed by atoms with van der Waals surface area (Å²) in [6.07, 6.45) is 6.67. The van der Waals surface area contributed by atoms with Crippen LogP contribution in [0.4, 0.5) is 17.1 Å². The van der Waals surface area contributed by atoms with Crippen LogP contribution in [0.1, 0.15) is 17.5 Å². The molecule has 1 aromatic heterocycles. The van der Waals surface area contributed by atoms with Crippen molar-refractivity contribution in [1.29, 1.82) is 0 Å². The lowest BCUT2D eigenvalue weighted by molar-refractivity contribution is 0.668. The Hall–Kier alpha value is -6.12. The van der Waals surface area contributed by atoms with Crippen LogP contribution in [0.15, 0.2) is 162 Å². The molecule has 48 heavy (non-hydrogen) atoms. The quantitative estimate of drug-likeness (QED) is 0.184. The van der Waals surface area contributed by atoms with E-state index in [9.17, 15) is 0 Å². The molecule has 0 N–H and O–H groups in total. The van der Waals surface area contributed by atoms with Crippen LogP contribution in [0.25, 0.3) is 71.5 Å². The van der Waals surface area contributed by atoms with Gasteiger partial charge in [-0.1, -0.05) is 115 Å². The van der Waals surface area contributed by atoms with Gasteiger partial charge in [0.05, 0.1) is 5.69 Å². The maximum Gasteiger partial charge on any atom is 0.135 e. The lowest BCUT2D eigenvalue weighted by Crippen LogP contribution is -2.11. The zero-order valence-electron chi connectivity index (χ0n) is 26.4. The minimum Gasteiger partial charge on any atom is -0.456 e. The van der Waals surface area contributed by atoms with Crippen molar-refractivity contribution in [2.45, 2.75) is 12.8 Å². The maximum absolute atomic E-state index is 6.46. The smallest absolute Gasteiger partial charge is 0.135 e. The van der Waals surface area contributed by atoms with E-state index >= 15 is 0 Å². The summed E-state index contributed by atoms with van der Waals surface area (Å²) in [7, 11) is 0. The number of hydrogen-bond donors (Lipinski definition) is 0. The first-order chi connectivity index (χ1) is 23.8. The molecular formula is C46H31NO. The van der Waals surface area contributed by atoms with E-state index < -0.39 is 0 Å². The number of nitrogens with zero attached hydrogens (tertiary/aromatic N) is 1. The Balaban J connectivity index is 1.24. The average Bonchev–Trinajstić information content (AvgIpc) is 3.51. The highest BCUT2D eigenvalue weighted by Gasteiger charge is 2.20. The molecule has 0 atom stereocenters. The normalized spacial score (nSPS) is 12.8. The number of aryl methyl sites for hydroxylation is 1. The fourth-order valence-electron chi connectivity index (χ4n) is 7.73. The molecule has 0 aliphatic heterocycles. The maximum atomic E-state index is 6.46. The van der Waals surface area contributed by atoms with E-state index in [2.05, 4.69) is 169 Å². The van der Waals surface area contributed by atoms with Crippen LogP contribution in [-0.2, 0) is 6.42 Å². The highest BCUT2D eigenvalue weighted by atomic mass is 16.3. The second-order valence-electron chi connectivity index (χ2n) is 12.8. The molecule has 0 saturated heterocycles. The summed E-state index contributed by atoms with van der Waals surface area (Å²) < 4.78 is 6.46. The van der Waals surface area contributed by atoms with Crippen molar-refractivity contribution >= 4 is 77.4 Å². The van der Waals surface area contributed by atoms with Crippen molar-refractivity contribution in [3.8, 4) is 11.1 Å². The van der Waals surface area contributed by atoms with Crippen LogP contribution in [0.5, 0.6) is 0 Å². The van der Waals surface area contributed by atoms with E-state index in [1.165, 1.54) is 54.6 Å². The highest BCUT2D eigenvalue weighted by molar-refractivity contribution is 6.18. The topological polar surface area (TPSA) is 16.4 Å². The molecule has 1 aliphatic rings. The summed E-state index contributed by atoms with van der Waals surface area (Å²) in [6.45, 7) is 0. The number of benzene rings is 8. The van der Waals surface area contributed by atoms with Crippen LogP contribution in [0.3, 0.4) is 0 Å². The molecule has 1 aliphatic carbocycles. The van der Waals surface area contributed by atoms with Gasteiger partial charge in [-0.2, -0.15) is 0 Å². The third-order valence-corrected chi connectivity index (χ3v) is 10.1. The van der Waals surface area contributed by atoms with Crippen LogP contribution < -0.4 is 4.90 Å². The first kappa shape index (κ1) is 27.0. The molecule has 0 fully saturated rings. The molecule has 2 nitrogen and oxygen atoms in total. The highest BCUT2D eigenvalue weighted by Crippen LogP contribution is 2.44. The molecule has 0 spiro atoms. The van der Waals surface area contributed by atoms with E-state index in [4.69, 9.17) is 4.42 Å². The Bertz CT molecular complexity index is 2730. The molecule has 0 bridgehead atoms. The van der Waals surface area contributed by atoms with Crippen LogP contribution in [0.2, 0.25) is 0 Å². The molecule has 8 aromatic carbocycles. The minimum absolute atomic E-state index is 0.910. The van der Waals surface area contributed by atoms with Crippen LogP contribution in [-0.4, -0.2) is 0 Å².